The average Bonchev–Trinajstić information content (AvgIpc) is 1.94. The fourth-order valence-corrected chi connectivity index (χ4v) is 1.22. The van der Waals surface area contributed by atoms with Crippen molar-refractivity contribution in [2.24, 2.45) is 0 Å². The van der Waals surface area contributed by atoms with Crippen LogP contribution in [-0.2, 0) is 10.9 Å². The molecule has 0 aromatic heterocycles. The van der Waals surface area contributed by atoms with Gasteiger partial charge in [-0.15, -0.1) is 0 Å². The first kappa shape index (κ1) is 13.2. The number of benzene rings is 1. The van der Waals surface area contributed by atoms with Crippen molar-refractivity contribution in [1.82, 2.24) is 0 Å². The SMILES string of the molecule is O=[SH](=O)Nc1ccc(Cl)cc1F.[Na]. The van der Waals surface area contributed by atoms with E-state index in [1.54, 1.807) is 0 Å². The molecule has 3 nitrogen and oxygen atoms in total. The third kappa shape index (κ3) is 4.28. The zero-order valence-corrected chi connectivity index (χ0v) is 10.4. The Bertz CT molecular complexity index is 364. The largest absolute Gasteiger partial charge is 0.283 e. The van der Waals surface area contributed by atoms with Gasteiger partial charge in [-0.1, -0.05) is 11.6 Å². The second-order valence-corrected chi connectivity index (χ2v) is 3.17. The van der Waals surface area contributed by atoms with Crippen molar-refractivity contribution in [3.63, 3.8) is 0 Å². The van der Waals surface area contributed by atoms with E-state index < -0.39 is 16.7 Å². The number of rotatable bonds is 2. The minimum Gasteiger partial charge on any atom is -0.283 e. The van der Waals surface area contributed by atoms with Gasteiger partial charge < -0.3 is 0 Å². The molecule has 67 valence electrons. The molecule has 1 aromatic rings. The molecule has 0 aliphatic heterocycles. The van der Waals surface area contributed by atoms with Crippen molar-refractivity contribution in [1.29, 1.82) is 0 Å². The van der Waals surface area contributed by atoms with Crippen LogP contribution in [0.4, 0.5) is 10.1 Å². The summed E-state index contributed by atoms with van der Waals surface area (Å²) in [5.74, 6) is -0.693. The van der Waals surface area contributed by atoms with Crippen LogP contribution >= 0.6 is 11.6 Å². The van der Waals surface area contributed by atoms with E-state index in [2.05, 4.69) is 0 Å². The number of nitrogens with one attached hydrogen (secondary N) is 1. The molecular formula is C6H5ClFNNaO2S. The second-order valence-electron chi connectivity index (χ2n) is 1.99. The Morgan fingerprint density at radius 1 is 1.38 bits per heavy atom. The Morgan fingerprint density at radius 3 is 2.46 bits per heavy atom. The van der Waals surface area contributed by atoms with Crippen molar-refractivity contribution in [3.05, 3.63) is 29.0 Å². The number of anilines is 1. The van der Waals surface area contributed by atoms with E-state index in [9.17, 15) is 12.8 Å². The summed E-state index contributed by atoms with van der Waals surface area (Å²) in [6, 6.07) is 3.68. The molecule has 0 heterocycles. The third-order valence-electron chi connectivity index (χ3n) is 1.14. The topological polar surface area (TPSA) is 46.2 Å². The summed E-state index contributed by atoms with van der Waals surface area (Å²) in [4.78, 5) is 0. The van der Waals surface area contributed by atoms with Crippen LogP contribution in [0.2, 0.25) is 5.02 Å². The first-order chi connectivity index (χ1) is 5.59. The van der Waals surface area contributed by atoms with Gasteiger partial charge in [0, 0.05) is 34.6 Å². The summed E-state index contributed by atoms with van der Waals surface area (Å²) >= 11 is 5.43. The zero-order chi connectivity index (χ0) is 9.14. The van der Waals surface area contributed by atoms with Gasteiger partial charge in [0.25, 0.3) is 0 Å². The van der Waals surface area contributed by atoms with Crippen LogP contribution in [0.3, 0.4) is 0 Å². The number of hydrogen-bond acceptors (Lipinski definition) is 2. The van der Waals surface area contributed by atoms with E-state index in [4.69, 9.17) is 11.6 Å². The van der Waals surface area contributed by atoms with Gasteiger partial charge in [0.05, 0.1) is 5.69 Å². The Balaban J connectivity index is 0.00000144. The van der Waals surface area contributed by atoms with Crippen molar-refractivity contribution in [3.8, 4) is 0 Å². The summed E-state index contributed by atoms with van der Waals surface area (Å²) in [5, 5.41) is 0.221. The molecule has 1 N–H and O–H groups in total. The molecule has 0 spiro atoms. The van der Waals surface area contributed by atoms with Gasteiger partial charge >= 0.3 is 0 Å². The maximum atomic E-state index is 12.8. The van der Waals surface area contributed by atoms with Gasteiger partial charge in [-0.3, -0.25) is 4.72 Å². The maximum absolute atomic E-state index is 12.8. The Labute approximate surface area is 104 Å². The molecule has 0 bridgehead atoms. The van der Waals surface area contributed by atoms with Crippen molar-refractivity contribution >= 4 is 57.7 Å². The van der Waals surface area contributed by atoms with Gasteiger partial charge in [-0.25, -0.2) is 12.8 Å². The zero-order valence-electron chi connectivity index (χ0n) is 6.75. The molecule has 0 unspecified atom stereocenters. The van der Waals surface area contributed by atoms with Crippen LogP contribution in [-0.4, -0.2) is 38.0 Å². The van der Waals surface area contributed by atoms with Crippen LogP contribution in [0.5, 0.6) is 0 Å². The van der Waals surface area contributed by atoms with Crippen molar-refractivity contribution < 1.29 is 12.8 Å². The predicted octanol–water partition coefficient (Wildman–Crippen LogP) is 1.04. The van der Waals surface area contributed by atoms with E-state index in [1.165, 1.54) is 12.1 Å². The standard InChI is InChI=1S/C6H5ClFNO2S.Na/c7-4-1-2-6(5(8)3-4)9-12(10)11;/h1-3,12H,(H,9,10,11);. The normalized spacial score (nSPS) is 9.46. The van der Waals surface area contributed by atoms with Crippen LogP contribution < -0.4 is 4.72 Å². The molecule has 0 amide bonds. The number of hydrogen-bond donors (Lipinski definition) is 2. The monoisotopic (exact) mass is 232 g/mol. The smallest absolute Gasteiger partial charge is 0.222 e. The summed E-state index contributed by atoms with van der Waals surface area (Å²) < 4.78 is 35.0. The molecule has 0 saturated heterocycles. The second kappa shape index (κ2) is 5.82. The maximum Gasteiger partial charge on any atom is 0.222 e. The van der Waals surface area contributed by atoms with Gasteiger partial charge in [0.2, 0.25) is 10.9 Å². The molecule has 1 rings (SSSR count). The fraction of sp³-hybridized carbons (Fsp3) is 0. The minimum atomic E-state index is -2.84. The van der Waals surface area contributed by atoms with Crippen molar-refractivity contribution in [2.75, 3.05) is 4.72 Å². The van der Waals surface area contributed by atoms with Crippen LogP contribution in [0, 0.1) is 5.82 Å². The summed E-state index contributed by atoms with van der Waals surface area (Å²) in [7, 11) is -2.84. The number of thiol groups is 1. The third-order valence-corrected chi connectivity index (χ3v) is 1.80. The molecule has 1 aromatic carbocycles. The molecule has 0 aliphatic carbocycles. The Morgan fingerprint density at radius 2 is 2.00 bits per heavy atom. The molecule has 0 atom stereocenters. The van der Waals surface area contributed by atoms with Gasteiger partial charge in [-0.05, 0) is 18.2 Å². The quantitative estimate of drug-likeness (QED) is 0.591. The van der Waals surface area contributed by atoms with E-state index in [0.717, 1.165) is 6.07 Å². The molecule has 0 fully saturated rings. The van der Waals surface area contributed by atoms with Crippen molar-refractivity contribution in [2.45, 2.75) is 0 Å². The van der Waals surface area contributed by atoms with E-state index in [0.29, 0.717) is 0 Å². The van der Waals surface area contributed by atoms with Crippen LogP contribution in [0.15, 0.2) is 18.2 Å². The van der Waals surface area contributed by atoms with Crippen LogP contribution in [0.25, 0.3) is 0 Å². The Hall–Kier alpha value is 0.190. The number of halogens is 2. The Kier molecular flexibility index (Phi) is 5.91. The summed E-state index contributed by atoms with van der Waals surface area (Å²) in [5.41, 5.74) is -0.101. The first-order valence-electron chi connectivity index (χ1n) is 2.95. The van der Waals surface area contributed by atoms with Gasteiger partial charge in [0.1, 0.15) is 5.82 Å². The van der Waals surface area contributed by atoms with E-state index in [1.807, 2.05) is 4.72 Å². The van der Waals surface area contributed by atoms with E-state index in [-0.39, 0.29) is 40.3 Å². The predicted molar refractivity (Wildman–Crippen MR) is 51.1 cm³/mol. The fourth-order valence-electron chi connectivity index (χ4n) is 0.678. The summed E-state index contributed by atoms with van der Waals surface area (Å²) in [6.45, 7) is 0. The van der Waals surface area contributed by atoms with Crippen LogP contribution in [0.1, 0.15) is 0 Å². The minimum absolute atomic E-state index is 0. The molecule has 7 heteroatoms. The molecular weight excluding hydrogens is 228 g/mol. The molecule has 13 heavy (non-hydrogen) atoms. The average molecular weight is 233 g/mol. The van der Waals surface area contributed by atoms with E-state index >= 15 is 0 Å². The first-order valence-corrected chi connectivity index (χ1v) is 4.51. The molecule has 0 aliphatic rings. The summed E-state index contributed by atoms with van der Waals surface area (Å²) in [6.07, 6.45) is 0. The van der Waals surface area contributed by atoms with Gasteiger partial charge in [0.15, 0.2) is 0 Å². The molecule has 0 saturated carbocycles. The van der Waals surface area contributed by atoms with Gasteiger partial charge in [-0.2, -0.15) is 0 Å². The molecule has 1 radical (unpaired) electrons.